The molecule has 4 nitrogen and oxygen atoms in total. The summed E-state index contributed by atoms with van der Waals surface area (Å²) in [5.74, 6) is 0.501. The number of benzene rings is 3. The third-order valence-corrected chi connectivity index (χ3v) is 6.47. The fourth-order valence-electron chi connectivity index (χ4n) is 4.35. The zero-order valence-corrected chi connectivity index (χ0v) is 20.8. The molecule has 34 heavy (non-hydrogen) atoms. The summed E-state index contributed by atoms with van der Waals surface area (Å²) in [6.07, 6.45) is 3.39. The first-order valence-electron chi connectivity index (χ1n) is 11.2. The van der Waals surface area contributed by atoms with Crippen molar-refractivity contribution in [2.75, 3.05) is 7.11 Å². The summed E-state index contributed by atoms with van der Waals surface area (Å²) in [6.45, 7) is 8.44. The van der Waals surface area contributed by atoms with Crippen molar-refractivity contribution >= 4 is 34.1 Å². The molecular weight excluding hydrogens is 446 g/mol. The molecule has 0 atom stereocenters. The summed E-state index contributed by atoms with van der Waals surface area (Å²) in [7, 11) is 1.64. The first-order valence-corrected chi connectivity index (χ1v) is 11.5. The lowest BCUT2D eigenvalue weighted by molar-refractivity contribution is -0.116. The summed E-state index contributed by atoms with van der Waals surface area (Å²) >= 11 is 6.20. The third-order valence-electron chi connectivity index (χ3n) is 6.10. The Hall–Kier alpha value is -3.50. The Morgan fingerprint density at radius 3 is 2.56 bits per heavy atom. The number of aryl methyl sites for hydroxylation is 3. The second kappa shape index (κ2) is 9.78. The number of hydrogen-bond acceptors (Lipinski definition) is 3. The Morgan fingerprint density at radius 1 is 1.09 bits per heavy atom. The van der Waals surface area contributed by atoms with Gasteiger partial charge in [-0.15, -0.1) is 0 Å². The SMILES string of the molecule is COc1c(/C(C)=C/C(=O)NCc2ccccc2Cl)cc2c(-c3ccc(C)cc3C)coc2c1C. The number of nitrogens with one attached hydrogen (secondary N) is 1. The zero-order valence-electron chi connectivity index (χ0n) is 20.1. The van der Waals surface area contributed by atoms with Crippen molar-refractivity contribution < 1.29 is 13.9 Å². The Labute approximate surface area is 205 Å². The van der Waals surface area contributed by atoms with Crippen LogP contribution in [0.1, 0.15) is 34.7 Å². The topological polar surface area (TPSA) is 51.5 Å². The fraction of sp³-hybridized carbons (Fsp3) is 0.207. The lowest BCUT2D eigenvalue weighted by atomic mass is 9.94. The van der Waals surface area contributed by atoms with Crippen LogP contribution in [0.4, 0.5) is 0 Å². The first kappa shape index (κ1) is 23.7. The highest BCUT2D eigenvalue weighted by Crippen LogP contribution is 2.41. The van der Waals surface area contributed by atoms with Crippen molar-refractivity contribution in [3.63, 3.8) is 0 Å². The van der Waals surface area contributed by atoms with E-state index in [4.69, 9.17) is 20.8 Å². The molecule has 0 radical (unpaired) electrons. The van der Waals surface area contributed by atoms with Crippen LogP contribution in [0.3, 0.4) is 0 Å². The molecule has 5 heteroatoms. The van der Waals surface area contributed by atoms with Crippen molar-refractivity contribution in [1.29, 1.82) is 0 Å². The summed E-state index contributed by atoms with van der Waals surface area (Å²) in [4.78, 5) is 12.7. The van der Waals surface area contributed by atoms with E-state index in [0.29, 0.717) is 17.3 Å². The molecule has 1 amide bonds. The highest BCUT2D eigenvalue weighted by Gasteiger charge is 2.19. The molecule has 174 valence electrons. The number of rotatable bonds is 6. The minimum Gasteiger partial charge on any atom is -0.496 e. The lowest BCUT2D eigenvalue weighted by Crippen LogP contribution is -2.20. The van der Waals surface area contributed by atoms with Crippen molar-refractivity contribution in [2.45, 2.75) is 34.2 Å². The molecule has 4 aromatic rings. The number of hydrogen-bond donors (Lipinski definition) is 1. The van der Waals surface area contributed by atoms with Gasteiger partial charge in [-0.1, -0.05) is 53.6 Å². The molecule has 3 aromatic carbocycles. The Bertz CT molecular complexity index is 1410. The molecule has 0 saturated heterocycles. The maximum absolute atomic E-state index is 12.7. The Balaban J connectivity index is 1.72. The van der Waals surface area contributed by atoms with E-state index < -0.39 is 0 Å². The summed E-state index contributed by atoms with van der Waals surface area (Å²) in [5, 5.41) is 4.54. The normalized spacial score (nSPS) is 11.6. The van der Waals surface area contributed by atoms with Crippen LogP contribution in [0.15, 0.2) is 65.3 Å². The maximum atomic E-state index is 12.7. The highest BCUT2D eigenvalue weighted by atomic mass is 35.5. The van der Waals surface area contributed by atoms with Gasteiger partial charge < -0.3 is 14.5 Å². The number of methoxy groups -OCH3 is 1. The second-order valence-electron chi connectivity index (χ2n) is 8.56. The predicted molar refractivity (Wildman–Crippen MR) is 139 cm³/mol. The van der Waals surface area contributed by atoms with Gasteiger partial charge in [0.05, 0.1) is 13.4 Å². The van der Waals surface area contributed by atoms with E-state index in [1.807, 2.05) is 44.2 Å². The van der Waals surface area contributed by atoms with Gasteiger partial charge in [-0.25, -0.2) is 0 Å². The van der Waals surface area contributed by atoms with Gasteiger partial charge >= 0.3 is 0 Å². The van der Waals surface area contributed by atoms with Crippen LogP contribution in [0.5, 0.6) is 5.75 Å². The van der Waals surface area contributed by atoms with E-state index in [1.54, 1.807) is 19.4 Å². The monoisotopic (exact) mass is 473 g/mol. The molecule has 0 saturated carbocycles. The number of allylic oxidation sites excluding steroid dienone is 1. The Kier molecular flexibility index (Phi) is 6.80. The van der Waals surface area contributed by atoms with E-state index in [9.17, 15) is 4.79 Å². The van der Waals surface area contributed by atoms with Gasteiger partial charge in [0, 0.05) is 39.7 Å². The average Bonchev–Trinajstić information content (AvgIpc) is 3.22. The molecule has 0 bridgehead atoms. The molecule has 0 aliphatic carbocycles. The van der Waals surface area contributed by atoms with Gasteiger partial charge in [-0.3, -0.25) is 4.79 Å². The molecule has 0 aliphatic rings. The first-order chi connectivity index (χ1) is 16.3. The van der Waals surface area contributed by atoms with Crippen molar-refractivity contribution in [2.24, 2.45) is 0 Å². The molecule has 1 heterocycles. The van der Waals surface area contributed by atoms with Crippen LogP contribution in [0.25, 0.3) is 27.7 Å². The molecule has 1 aromatic heterocycles. The molecule has 0 unspecified atom stereocenters. The number of halogens is 1. The van der Waals surface area contributed by atoms with E-state index in [-0.39, 0.29) is 5.91 Å². The average molecular weight is 474 g/mol. The fourth-order valence-corrected chi connectivity index (χ4v) is 4.55. The van der Waals surface area contributed by atoms with Crippen molar-refractivity contribution in [3.8, 4) is 16.9 Å². The minimum atomic E-state index is -0.195. The van der Waals surface area contributed by atoms with Crippen LogP contribution in [-0.4, -0.2) is 13.0 Å². The van der Waals surface area contributed by atoms with E-state index in [0.717, 1.165) is 44.4 Å². The molecule has 4 rings (SSSR count). The van der Waals surface area contributed by atoms with Gasteiger partial charge in [0.2, 0.25) is 5.91 Å². The smallest absolute Gasteiger partial charge is 0.244 e. The van der Waals surface area contributed by atoms with Crippen LogP contribution >= 0.6 is 11.6 Å². The standard InChI is InChI=1S/C29H28ClNO3/c1-17-10-11-22(18(2)12-17)25-16-34-29-20(4)28(33-5)23(14-24(25)29)19(3)13-27(32)31-15-21-8-6-7-9-26(21)30/h6-14,16H,15H2,1-5H3,(H,31,32)/b19-13+. The summed E-state index contributed by atoms with van der Waals surface area (Å²) < 4.78 is 11.7. The van der Waals surface area contributed by atoms with Crippen LogP contribution in [0.2, 0.25) is 5.02 Å². The van der Waals surface area contributed by atoms with E-state index in [2.05, 4.69) is 37.4 Å². The zero-order chi connectivity index (χ0) is 24.4. The van der Waals surface area contributed by atoms with Gasteiger partial charge in [-0.05, 0) is 62.1 Å². The summed E-state index contributed by atoms with van der Waals surface area (Å²) in [5.41, 5.74) is 8.75. The number of fused-ring (bicyclic) bond motifs is 1. The van der Waals surface area contributed by atoms with Gasteiger partial charge in [0.1, 0.15) is 11.3 Å². The summed E-state index contributed by atoms with van der Waals surface area (Å²) in [6, 6.07) is 15.9. The molecule has 0 fully saturated rings. The molecule has 0 spiro atoms. The molecular formula is C29H28ClNO3. The maximum Gasteiger partial charge on any atom is 0.244 e. The van der Waals surface area contributed by atoms with E-state index in [1.165, 1.54) is 11.1 Å². The van der Waals surface area contributed by atoms with E-state index >= 15 is 0 Å². The van der Waals surface area contributed by atoms with Crippen LogP contribution in [0, 0.1) is 20.8 Å². The second-order valence-corrected chi connectivity index (χ2v) is 8.97. The number of furan rings is 1. The van der Waals surface area contributed by atoms with Crippen LogP contribution < -0.4 is 10.1 Å². The van der Waals surface area contributed by atoms with Gasteiger partial charge in [0.15, 0.2) is 0 Å². The largest absolute Gasteiger partial charge is 0.496 e. The quantitative estimate of drug-likeness (QED) is 0.297. The highest BCUT2D eigenvalue weighted by molar-refractivity contribution is 6.31. The lowest BCUT2D eigenvalue weighted by Gasteiger charge is -2.14. The van der Waals surface area contributed by atoms with Crippen LogP contribution in [-0.2, 0) is 11.3 Å². The third kappa shape index (κ3) is 4.59. The molecule has 1 N–H and O–H groups in total. The minimum absolute atomic E-state index is 0.195. The van der Waals surface area contributed by atoms with Crippen molar-refractivity contribution in [1.82, 2.24) is 5.32 Å². The number of carbonyl (C=O) groups is 1. The van der Waals surface area contributed by atoms with Gasteiger partial charge in [0.25, 0.3) is 0 Å². The predicted octanol–water partition coefficient (Wildman–Crippen LogP) is 7.41. The number of ether oxygens (including phenoxy) is 1. The molecule has 0 aliphatic heterocycles. The van der Waals surface area contributed by atoms with Crippen molar-refractivity contribution in [3.05, 3.63) is 93.7 Å². The number of carbonyl (C=O) groups excluding carboxylic acids is 1. The van der Waals surface area contributed by atoms with Gasteiger partial charge in [-0.2, -0.15) is 0 Å². The Morgan fingerprint density at radius 2 is 1.85 bits per heavy atom. The number of amides is 1.